The maximum absolute atomic E-state index is 12.7. The number of hydrogen-bond acceptors (Lipinski definition) is 3. The molecule has 2 amide bonds. The molecule has 0 saturated heterocycles. The second kappa shape index (κ2) is 14.8. The van der Waals surface area contributed by atoms with Crippen LogP contribution in [0, 0.1) is 0 Å². The Balaban J connectivity index is 0.00000326. The zero-order chi connectivity index (χ0) is 20.7. The topological polar surface area (TPSA) is 69.6 Å². The molecule has 0 spiro atoms. The van der Waals surface area contributed by atoms with Crippen molar-refractivity contribution >= 4 is 11.8 Å². The van der Waals surface area contributed by atoms with Crippen LogP contribution in [-0.4, -0.2) is 41.0 Å². The molecular formula is C22H36N2O3. The molecule has 1 aromatic carbocycles. The number of carbonyl (C=O) groups is 2. The molecule has 0 fully saturated rings. The lowest BCUT2D eigenvalue weighted by Gasteiger charge is -2.27. The van der Waals surface area contributed by atoms with E-state index in [1.54, 1.807) is 4.90 Å². The van der Waals surface area contributed by atoms with Gasteiger partial charge < -0.3 is 15.3 Å². The molecule has 5 nitrogen and oxygen atoms in total. The van der Waals surface area contributed by atoms with Gasteiger partial charge in [-0.1, -0.05) is 71.0 Å². The summed E-state index contributed by atoms with van der Waals surface area (Å²) in [5, 5.41) is 12.3. The van der Waals surface area contributed by atoms with Crippen molar-refractivity contribution in [3.05, 3.63) is 48.2 Å². The quantitative estimate of drug-likeness (QED) is 0.568. The average molecular weight is 377 g/mol. The molecule has 27 heavy (non-hydrogen) atoms. The Bertz CT molecular complexity index is 558. The molecule has 0 radical (unpaired) electrons. The summed E-state index contributed by atoms with van der Waals surface area (Å²) in [4.78, 5) is 26.5. The molecule has 1 rings (SSSR count). The van der Waals surface area contributed by atoms with Crippen molar-refractivity contribution in [1.29, 1.82) is 0 Å². The number of carbonyl (C=O) groups excluding carboxylic acids is 2. The third-order valence-electron chi connectivity index (χ3n) is 3.87. The van der Waals surface area contributed by atoms with E-state index in [0.717, 1.165) is 18.4 Å². The summed E-state index contributed by atoms with van der Waals surface area (Å²) >= 11 is 0. The zero-order valence-electron chi connectivity index (χ0n) is 17.3. The highest BCUT2D eigenvalue weighted by Gasteiger charge is 2.25. The van der Waals surface area contributed by atoms with Gasteiger partial charge in [0.2, 0.25) is 11.8 Å². The summed E-state index contributed by atoms with van der Waals surface area (Å²) in [5.74, 6) is -0.339. The smallest absolute Gasteiger partial charge is 0.245 e. The lowest BCUT2D eigenvalue weighted by Crippen LogP contribution is -2.49. The minimum atomic E-state index is -0.556. The predicted octanol–water partition coefficient (Wildman–Crippen LogP) is 4.24. The molecule has 0 aliphatic carbocycles. The van der Waals surface area contributed by atoms with Gasteiger partial charge in [0.1, 0.15) is 11.8 Å². The number of hydrogen-bond donors (Lipinski definition) is 2. The first-order valence-electron chi connectivity index (χ1n) is 9.96. The van der Waals surface area contributed by atoms with E-state index in [1.165, 1.54) is 0 Å². The van der Waals surface area contributed by atoms with Crippen LogP contribution >= 0.6 is 0 Å². The Morgan fingerprint density at radius 1 is 1.15 bits per heavy atom. The Hall–Kier alpha value is -2.30. The number of nitrogens with zero attached hydrogens (tertiary/aromatic N) is 1. The first-order valence-corrected chi connectivity index (χ1v) is 9.96. The zero-order valence-corrected chi connectivity index (χ0v) is 17.3. The number of nitrogens with one attached hydrogen (secondary N) is 1. The highest BCUT2D eigenvalue weighted by atomic mass is 16.3. The fraction of sp³-hybridized carbons (Fsp3) is 0.545. The molecule has 2 N–H and O–H groups in total. The van der Waals surface area contributed by atoms with E-state index in [4.69, 9.17) is 0 Å². The van der Waals surface area contributed by atoms with E-state index in [9.17, 15) is 14.7 Å². The summed E-state index contributed by atoms with van der Waals surface area (Å²) in [6.45, 7) is 12.0. The van der Waals surface area contributed by atoms with Gasteiger partial charge >= 0.3 is 0 Å². The molecular weight excluding hydrogens is 340 g/mol. The van der Waals surface area contributed by atoms with Gasteiger partial charge in [-0.15, -0.1) is 0 Å². The van der Waals surface area contributed by atoms with E-state index in [-0.39, 0.29) is 24.1 Å². The normalized spacial score (nSPS) is 11.0. The molecule has 0 saturated carbocycles. The molecule has 0 heterocycles. The number of aliphatic hydroxyl groups excluding tert-OH is 1. The van der Waals surface area contributed by atoms with Crippen LogP contribution in [0.25, 0.3) is 0 Å². The largest absolute Gasteiger partial charge is 0.511 e. The monoisotopic (exact) mass is 376 g/mol. The van der Waals surface area contributed by atoms with Crippen LogP contribution in [0.1, 0.15) is 58.9 Å². The Kier molecular flexibility index (Phi) is 13.6. The van der Waals surface area contributed by atoms with Crippen LogP contribution in [-0.2, 0) is 16.0 Å². The van der Waals surface area contributed by atoms with Crippen molar-refractivity contribution in [2.75, 3.05) is 13.1 Å². The van der Waals surface area contributed by atoms with Gasteiger partial charge in [-0.3, -0.25) is 9.59 Å². The number of aliphatic hydroxyl groups is 1. The Morgan fingerprint density at radius 2 is 1.78 bits per heavy atom. The number of rotatable bonds is 11. The molecule has 5 heteroatoms. The highest BCUT2D eigenvalue weighted by Crippen LogP contribution is 2.07. The SMILES string of the molecule is C=C(O)CN(CCC)C(=O)C(CCC)NC(=O)CCc1ccccc1.CC. The van der Waals surface area contributed by atoms with Gasteiger partial charge in [0, 0.05) is 13.0 Å². The van der Waals surface area contributed by atoms with Gasteiger partial charge in [-0.05, 0) is 24.8 Å². The molecule has 1 aromatic rings. The lowest BCUT2D eigenvalue weighted by molar-refractivity contribution is -0.136. The van der Waals surface area contributed by atoms with Crippen molar-refractivity contribution in [2.24, 2.45) is 0 Å². The molecule has 0 bridgehead atoms. The maximum atomic E-state index is 12.7. The minimum Gasteiger partial charge on any atom is -0.511 e. The maximum Gasteiger partial charge on any atom is 0.245 e. The summed E-state index contributed by atoms with van der Waals surface area (Å²) in [6.07, 6.45) is 3.13. The first-order chi connectivity index (χ1) is 13.0. The van der Waals surface area contributed by atoms with Crippen LogP contribution in [0.2, 0.25) is 0 Å². The van der Waals surface area contributed by atoms with Crippen LogP contribution in [0.15, 0.2) is 42.7 Å². The van der Waals surface area contributed by atoms with Gasteiger partial charge in [0.05, 0.1) is 6.54 Å². The fourth-order valence-corrected chi connectivity index (χ4v) is 2.69. The standard InChI is InChI=1S/C20H30N2O3.C2H6/c1-4-9-18(20(25)22(14-5-2)15-16(3)23)21-19(24)13-12-17-10-7-6-8-11-17;1-2/h6-8,10-11,18,23H,3-5,9,12-15H2,1-2H3,(H,21,24);1-2H3. The molecule has 1 atom stereocenters. The first kappa shape index (κ1) is 24.7. The Morgan fingerprint density at radius 3 is 2.30 bits per heavy atom. The van der Waals surface area contributed by atoms with Gasteiger partial charge in [0.15, 0.2) is 0 Å². The highest BCUT2D eigenvalue weighted by molar-refractivity contribution is 5.87. The number of benzene rings is 1. The predicted molar refractivity (Wildman–Crippen MR) is 112 cm³/mol. The number of aryl methyl sites for hydroxylation is 1. The number of amides is 2. The van der Waals surface area contributed by atoms with E-state index in [1.807, 2.05) is 58.0 Å². The van der Waals surface area contributed by atoms with Crippen molar-refractivity contribution < 1.29 is 14.7 Å². The molecule has 0 aliphatic heterocycles. The fourth-order valence-electron chi connectivity index (χ4n) is 2.69. The van der Waals surface area contributed by atoms with Crippen molar-refractivity contribution in [2.45, 2.75) is 65.8 Å². The second-order valence-corrected chi connectivity index (χ2v) is 6.22. The van der Waals surface area contributed by atoms with E-state index in [0.29, 0.717) is 25.8 Å². The molecule has 0 aromatic heterocycles. The summed E-state index contributed by atoms with van der Waals surface area (Å²) < 4.78 is 0. The van der Waals surface area contributed by atoms with Crippen LogP contribution < -0.4 is 5.32 Å². The third kappa shape index (κ3) is 10.4. The van der Waals surface area contributed by atoms with E-state index >= 15 is 0 Å². The van der Waals surface area contributed by atoms with E-state index < -0.39 is 6.04 Å². The summed E-state index contributed by atoms with van der Waals surface area (Å²) in [5.41, 5.74) is 1.10. The Labute approximate surface area is 164 Å². The van der Waals surface area contributed by atoms with Crippen LogP contribution in [0.4, 0.5) is 0 Å². The summed E-state index contributed by atoms with van der Waals surface area (Å²) in [6, 6.07) is 9.24. The van der Waals surface area contributed by atoms with Gasteiger partial charge in [0.25, 0.3) is 0 Å². The van der Waals surface area contributed by atoms with Crippen molar-refractivity contribution in [1.82, 2.24) is 10.2 Å². The average Bonchev–Trinajstić information content (AvgIpc) is 2.67. The van der Waals surface area contributed by atoms with Crippen LogP contribution in [0.3, 0.4) is 0 Å². The molecule has 1 unspecified atom stereocenters. The third-order valence-corrected chi connectivity index (χ3v) is 3.87. The summed E-state index contributed by atoms with van der Waals surface area (Å²) in [7, 11) is 0. The lowest BCUT2D eigenvalue weighted by atomic mass is 10.1. The van der Waals surface area contributed by atoms with Gasteiger partial charge in [-0.25, -0.2) is 0 Å². The molecule has 0 aliphatic rings. The van der Waals surface area contributed by atoms with Crippen molar-refractivity contribution in [3.8, 4) is 0 Å². The molecule has 152 valence electrons. The second-order valence-electron chi connectivity index (χ2n) is 6.22. The van der Waals surface area contributed by atoms with E-state index in [2.05, 4.69) is 11.9 Å². The van der Waals surface area contributed by atoms with Crippen LogP contribution in [0.5, 0.6) is 0 Å². The van der Waals surface area contributed by atoms with Crippen molar-refractivity contribution in [3.63, 3.8) is 0 Å². The van der Waals surface area contributed by atoms with Gasteiger partial charge in [-0.2, -0.15) is 0 Å². The minimum absolute atomic E-state index is 0.0487.